The molecule has 0 bridgehead atoms. The minimum absolute atomic E-state index is 0.230. The van der Waals surface area contributed by atoms with Crippen molar-refractivity contribution in [2.75, 3.05) is 26.4 Å². The molecule has 102 valence electrons. The van der Waals surface area contributed by atoms with Gasteiger partial charge in [-0.2, -0.15) is 5.10 Å². The molecule has 0 amide bonds. The molecule has 1 heterocycles. The van der Waals surface area contributed by atoms with E-state index in [0.717, 1.165) is 24.1 Å². The maximum absolute atomic E-state index is 10.00. The number of hydrogen-bond acceptors (Lipinski definition) is 4. The fourth-order valence-electron chi connectivity index (χ4n) is 1.96. The second-order valence-electron chi connectivity index (χ2n) is 4.97. The summed E-state index contributed by atoms with van der Waals surface area (Å²) in [5, 5.41) is 14.1. The molecule has 0 unspecified atom stereocenters. The van der Waals surface area contributed by atoms with Crippen LogP contribution in [0.1, 0.15) is 5.56 Å². The third kappa shape index (κ3) is 2.88. The molecule has 5 nitrogen and oxygen atoms in total. The van der Waals surface area contributed by atoms with E-state index in [9.17, 15) is 5.11 Å². The molecule has 2 aromatic rings. The molecule has 0 aliphatic carbocycles. The first-order valence-electron chi connectivity index (χ1n) is 6.23. The van der Waals surface area contributed by atoms with E-state index >= 15 is 0 Å². The Hall–Kier alpha value is -2.01. The van der Waals surface area contributed by atoms with Crippen LogP contribution in [0.25, 0.3) is 11.1 Å². The number of aryl methyl sites for hydroxylation is 1. The Balaban J connectivity index is 2.34. The number of nitrogens with two attached hydrogens (primary N) is 1. The van der Waals surface area contributed by atoms with Crippen LogP contribution in [0.2, 0.25) is 0 Å². The summed E-state index contributed by atoms with van der Waals surface area (Å²) in [5.41, 5.74) is 8.64. The first-order chi connectivity index (χ1) is 8.99. The maximum atomic E-state index is 10.00. The largest absolute Gasteiger partial charge is 0.507 e. The van der Waals surface area contributed by atoms with Crippen LogP contribution in [-0.4, -0.2) is 40.4 Å². The molecule has 0 spiro atoms. The number of phenols is 1. The van der Waals surface area contributed by atoms with Crippen molar-refractivity contribution in [3.63, 3.8) is 0 Å². The van der Waals surface area contributed by atoms with Gasteiger partial charge in [0.25, 0.3) is 0 Å². The summed E-state index contributed by atoms with van der Waals surface area (Å²) in [7, 11) is 5.87. The van der Waals surface area contributed by atoms with E-state index in [1.807, 2.05) is 26.2 Å². The number of nitrogen functional groups attached to an aromatic ring is 1. The van der Waals surface area contributed by atoms with Crippen LogP contribution < -0.4 is 5.73 Å². The van der Waals surface area contributed by atoms with Crippen molar-refractivity contribution in [2.24, 2.45) is 7.05 Å². The summed E-state index contributed by atoms with van der Waals surface area (Å²) < 4.78 is 1.60. The average molecular weight is 260 g/mol. The quantitative estimate of drug-likeness (QED) is 0.873. The molecule has 3 N–H and O–H groups in total. The van der Waals surface area contributed by atoms with Gasteiger partial charge >= 0.3 is 0 Å². The van der Waals surface area contributed by atoms with Gasteiger partial charge in [0.2, 0.25) is 0 Å². The molecule has 19 heavy (non-hydrogen) atoms. The number of aromatic nitrogens is 2. The molecular weight excluding hydrogens is 240 g/mol. The minimum Gasteiger partial charge on any atom is -0.507 e. The Kier molecular flexibility index (Phi) is 3.76. The third-order valence-electron chi connectivity index (χ3n) is 3.18. The highest BCUT2D eigenvalue weighted by Gasteiger charge is 2.12. The van der Waals surface area contributed by atoms with Crippen LogP contribution in [0.3, 0.4) is 0 Å². The van der Waals surface area contributed by atoms with Crippen LogP contribution in [0.5, 0.6) is 5.75 Å². The predicted molar refractivity (Wildman–Crippen MR) is 77.0 cm³/mol. The smallest absolute Gasteiger partial charge is 0.129 e. The third-order valence-corrected chi connectivity index (χ3v) is 3.18. The number of likely N-dealkylation sites (N-methyl/N-ethyl adjacent to an activating group) is 1. The lowest BCUT2D eigenvalue weighted by atomic mass is 10.0. The normalized spacial score (nSPS) is 11.2. The number of benzene rings is 1. The molecule has 1 aromatic carbocycles. The molecule has 0 radical (unpaired) electrons. The van der Waals surface area contributed by atoms with Crippen LogP contribution >= 0.6 is 0 Å². The zero-order chi connectivity index (χ0) is 14.0. The number of hydrogen-bond donors (Lipinski definition) is 2. The molecule has 0 saturated heterocycles. The fourth-order valence-corrected chi connectivity index (χ4v) is 1.96. The summed E-state index contributed by atoms with van der Waals surface area (Å²) in [6.07, 6.45) is 2.61. The molecular formula is C14H20N4O. The van der Waals surface area contributed by atoms with Gasteiger partial charge in [-0.05, 0) is 38.2 Å². The number of nitrogens with zero attached hydrogens (tertiary/aromatic N) is 3. The monoisotopic (exact) mass is 260 g/mol. The lowest BCUT2D eigenvalue weighted by Crippen LogP contribution is -2.15. The minimum atomic E-state index is 0.230. The summed E-state index contributed by atoms with van der Waals surface area (Å²) in [6, 6.07) is 5.63. The van der Waals surface area contributed by atoms with Crippen LogP contribution in [0.15, 0.2) is 24.4 Å². The van der Waals surface area contributed by atoms with Gasteiger partial charge in [-0.3, -0.25) is 4.68 Å². The Morgan fingerprint density at radius 3 is 2.63 bits per heavy atom. The van der Waals surface area contributed by atoms with E-state index < -0.39 is 0 Å². The van der Waals surface area contributed by atoms with Gasteiger partial charge in [0.15, 0.2) is 0 Å². The van der Waals surface area contributed by atoms with Crippen LogP contribution in [0.4, 0.5) is 5.82 Å². The summed E-state index contributed by atoms with van der Waals surface area (Å²) in [4.78, 5) is 2.13. The number of phenolic OH excluding ortho intramolecular Hbond substituents is 1. The summed E-state index contributed by atoms with van der Waals surface area (Å²) in [6.45, 7) is 0.965. The van der Waals surface area contributed by atoms with Crippen molar-refractivity contribution in [2.45, 2.75) is 6.42 Å². The van der Waals surface area contributed by atoms with Gasteiger partial charge in [-0.25, -0.2) is 0 Å². The van der Waals surface area contributed by atoms with Crippen LogP contribution in [-0.2, 0) is 13.5 Å². The zero-order valence-corrected chi connectivity index (χ0v) is 11.6. The fraction of sp³-hybridized carbons (Fsp3) is 0.357. The van der Waals surface area contributed by atoms with Crippen molar-refractivity contribution < 1.29 is 5.11 Å². The lowest BCUT2D eigenvalue weighted by molar-refractivity contribution is 0.413. The van der Waals surface area contributed by atoms with Crippen molar-refractivity contribution in [1.29, 1.82) is 0 Å². The lowest BCUT2D eigenvalue weighted by Gasteiger charge is -2.11. The SMILES string of the molecule is CN(C)CCc1ccc(O)c(-c2cnn(C)c2N)c1. The number of anilines is 1. The summed E-state index contributed by atoms with van der Waals surface area (Å²) >= 11 is 0. The first-order valence-corrected chi connectivity index (χ1v) is 6.23. The summed E-state index contributed by atoms with van der Waals surface area (Å²) in [5.74, 6) is 0.786. The van der Waals surface area contributed by atoms with Gasteiger partial charge in [0, 0.05) is 24.7 Å². The first kappa shape index (κ1) is 13.4. The highest BCUT2D eigenvalue weighted by Crippen LogP contribution is 2.33. The predicted octanol–water partition coefficient (Wildman–Crippen LogP) is 1.48. The molecule has 0 saturated carbocycles. The highest BCUT2D eigenvalue weighted by molar-refractivity contribution is 5.78. The Bertz CT molecular complexity index is 575. The maximum Gasteiger partial charge on any atom is 0.129 e. The molecule has 1 aromatic heterocycles. The molecule has 0 fully saturated rings. The Morgan fingerprint density at radius 1 is 1.32 bits per heavy atom. The Labute approximate surface area is 113 Å². The molecule has 0 aliphatic heterocycles. The van der Waals surface area contributed by atoms with Gasteiger partial charge in [0.05, 0.1) is 6.20 Å². The van der Waals surface area contributed by atoms with Crippen LogP contribution in [0, 0.1) is 0 Å². The van der Waals surface area contributed by atoms with Crippen molar-refractivity contribution in [3.05, 3.63) is 30.0 Å². The highest BCUT2D eigenvalue weighted by atomic mass is 16.3. The van der Waals surface area contributed by atoms with E-state index in [4.69, 9.17) is 5.73 Å². The van der Waals surface area contributed by atoms with Crippen molar-refractivity contribution in [1.82, 2.24) is 14.7 Å². The van der Waals surface area contributed by atoms with E-state index in [0.29, 0.717) is 5.82 Å². The van der Waals surface area contributed by atoms with Gasteiger partial charge in [0.1, 0.15) is 11.6 Å². The molecule has 0 aliphatic rings. The molecule has 5 heteroatoms. The molecule has 2 rings (SSSR count). The van der Waals surface area contributed by atoms with Crippen molar-refractivity contribution in [3.8, 4) is 16.9 Å². The average Bonchev–Trinajstić information content (AvgIpc) is 2.69. The number of rotatable bonds is 4. The number of aromatic hydroxyl groups is 1. The second-order valence-corrected chi connectivity index (χ2v) is 4.97. The van der Waals surface area contributed by atoms with E-state index in [1.165, 1.54) is 5.56 Å². The van der Waals surface area contributed by atoms with E-state index in [-0.39, 0.29) is 5.75 Å². The Morgan fingerprint density at radius 2 is 2.05 bits per heavy atom. The van der Waals surface area contributed by atoms with E-state index in [1.54, 1.807) is 24.0 Å². The van der Waals surface area contributed by atoms with Crippen molar-refractivity contribution >= 4 is 5.82 Å². The zero-order valence-electron chi connectivity index (χ0n) is 11.6. The second kappa shape index (κ2) is 5.32. The standard InChI is InChI=1S/C14H20N4O/c1-17(2)7-6-10-4-5-13(19)11(8-10)12-9-16-18(3)14(12)15/h4-5,8-9,19H,6-7,15H2,1-3H3. The van der Waals surface area contributed by atoms with Gasteiger partial charge < -0.3 is 15.7 Å². The van der Waals surface area contributed by atoms with E-state index in [2.05, 4.69) is 10.00 Å². The van der Waals surface area contributed by atoms with Gasteiger partial charge in [-0.15, -0.1) is 0 Å². The molecule has 0 atom stereocenters. The topological polar surface area (TPSA) is 67.3 Å². The van der Waals surface area contributed by atoms with Gasteiger partial charge in [-0.1, -0.05) is 6.07 Å².